The summed E-state index contributed by atoms with van der Waals surface area (Å²) in [6, 6.07) is 0. The molecule has 0 amide bonds. The minimum Gasteiger partial charge on any atom is -0.295 e. The smallest absolute Gasteiger partial charge is 0.159 e. The van der Waals surface area contributed by atoms with E-state index in [1.807, 2.05) is 0 Å². The fourth-order valence-electron chi connectivity index (χ4n) is 2.25. The quantitative estimate of drug-likeness (QED) is 0.518. The monoisotopic (exact) mass is 176 g/mol. The molecular weight excluding hydrogens is 160 g/mol. The van der Waals surface area contributed by atoms with Gasteiger partial charge in [-0.05, 0) is 44.1 Å². The summed E-state index contributed by atoms with van der Waals surface area (Å²) >= 11 is 0. The Balaban J connectivity index is 2.24. The molecule has 0 radical (unpaired) electrons. The minimum absolute atomic E-state index is 0.410. The zero-order valence-electron chi connectivity index (χ0n) is 8.01. The van der Waals surface area contributed by atoms with E-state index < -0.39 is 0 Å². The predicted octanol–water partition coefficient (Wildman–Crippen LogP) is 3.17. The molecule has 0 aromatic heterocycles. The van der Waals surface area contributed by atoms with Crippen molar-refractivity contribution in [2.24, 2.45) is 0 Å². The Morgan fingerprint density at radius 3 is 2.77 bits per heavy atom. The highest BCUT2D eigenvalue weighted by molar-refractivity contribution is 5.97. The lowest BCUT2D eigenvalue weighted by atomic mass is 9.85. The molecule has 0 unspecified atom stereocenters. The maximum atomic E-state index is 11.6. The van der Waals surface area contributed by atoms with Gasteiger partial charge in [0.15, 0.2) is 5.78 Å². The number of ketones is 1. The lowest BCUT2D eigenvalue weighted by molar-refractivity contribution is -0.116. The maximum absolute atomic E-state index is 11.6. The van der Waals surface area contributed by atoms with E-state index in [0.29, 0.717) is 5.78 Å². The molecule has 0 atom stereocenters. The number of hydrogen-bond donors (Lipinski definition) is 0. The Morgan fingerprint density at radius 2 is 1.85 bits per heavy atom. The molecule has 2 aliphatic carbocycles. The van der Waals surface area contributed by atoms with Gasteiger partial charge >= 0.3 is 0 Å². The minimum atomic E-state index is 0.410. The highest BCUT2D eigenvalue weighted by Crippen LogP contribution is 2.29. The molecule has 0 fully saturated rings. The van der Waals surface area contributed by atoms with Crippen molar-refractivity contribution >= 4 is 5.78 Å². The van der Waals surface area contributed by atoms with Crippen LogP contribution in [0, 0.1) is 0 Å². The summed E-state index contributed by atoms with van der Waals surface area (Å²) in [4.78, 5) is 11.6. The average Bonchev–Trinajstić information content (AvgIpc) is 2.07. The van der Waals surface area contributed by atoms with E-state index in [1.165, 1.54) is 24.8 Å². The molecule has 0 N–H and O–H groups in total. The Labute approximate surface area is 79.5 Å². The predicted molar refractivity (Wildman–Crippen MR) is 53.5 cm³/mol. The van der Waals surface area contributed by atoms with E-state index in [4.69, 9.17) is 0 Å². The first-order valence-corrected chi connectivity index (χ1v) is 5.27. The first-order valence-electron chi connectivity index (χ1n) is 5.27. The van der Waals surface area contributed by atoms with Crippen LogP contribution in [-0.4, -0.2) is 5.78 Å². The first-order chi connectivity index (χ1) is 6.38. The third kappa shape index (κ3) is 1.90. The molecule has 13 heavy (non-hydrogen) atoms. The van der Waals surface area contributed by atoms with Crippen molar-refractivity contribution in [1.29, 1.82) is 0 Å². The molecule has 1 nitrogen and oxygen atoms in total. The van der Waals surface area contributed by atoms with Crippen LogP contribution in [0.5, 0.6) is 0 Å². The highest BCUT2D eigenvalue weighted by atomic mass is 16.1. The SMILES string of the molecule is O=C1CCCC2=C1C/C=C\CCC2. The van der Waals surface area contributed by atoms with Crippen LogP contribution in [0.3, 0.4) is 0 Å². The Kier molecular flexibility index (Phi) is 2.62. The van der Waals surface area contributed by atoms with Gasteiger partial charge in [-0.25, -0.2) is 0 Å². The van der Waals surface area contributed by atoms with Crippen LogP contribution < -0.4 is 0 Å². The van der Waals surface area contributed by atoms with E-state index >= 15 is 0 Å². The van der Waals surface area contributed by atoms with E-state index in [0.717, 1.165) is 31.3 Å². The lowest BCUT2D eigenvalue weighted by Crippen LogP contribution is -2.12. The third-order valence-corrected chi connectivity index (χ3v) is 2.98. The molecule has 70 valence electrons. The molecule has 0 bridgehead atoms. The highest BCUT2D eigenvalue weighted by Gasteiger charge is 2.19. The summed E-state index contributed by atoms with van der Waals surface area (Å²) < 4.78 is 0. The van der Waals surface area contributed by atoms with Crippen molar-refractivity contribution in [3.05, 3.63) is 23.3 Å². The third-order valence-electron chi connectivity index (χ3n) is 2.98. The number of rotatable bonds is 0. The molecule has 0 aromatic rings. The van der Waals surface area contributed by atoms with Gasteiger partial charge in [-0.1, -0.05) is 17.7 Å². The number of hydrogen-bond acceptors (Lipinski definition) is 1. The largest absolute Gasteiger partial charge is 0.295 e. The summed E-state index contributed by atoms with van der Waals surface area (Å²) in [5.74, 6) is 0.410. The van der Waals surface area contributed by atoms with Crippen molar-refractivity contribution in [3.8, 4) is 0 Å². The molecule has 0 saturated carbocycles. The molecule has 0 spiro atoms. The molecule has 2 aliphatic rings. The second-order valence-corrected chi connectivity index (χ2v) is 3.93. The van der Waals surface area contributed by atoms with E-state index in [-0.39, 0.29) is 0 Å². The van der Waals surface area contributed by atoms with Gasteiger partial charge in [0.1, 0.15) is 0 Å². The van der Waals surface area contributed by atoms with Crippen LogP contribution in [0.15, 0.2) is 23.3 Å². The summed E-state index contributed by atoms with van der Waals surface area (Å²) in [7, 11) is 0. The van der Waals surface area contributed by atoms with Gasteiger partial charge in [0.25, 0.3) is 0 Å². The molecule has 0 heterocycles. The van der Waals surface area contributed by atoms with Crippen LogP contribution in [0.25, 0.3) is 0 Å². The first kappa shape index (κ1) is 8.74. The number of allylic oxidation sites excluding steroid dienone is 4. The molecule has 2 rings (SSSR count). The zero-order chi connectivity index (χ0) is 9.10. The Bertz CT molecular complexity index is 271. The van der Waals surface area contributed by atoms with E-state index in [1.54, 1.807) is 0 Å². The molecule has 0 aromatic carbocycles. The summed E-state index contributed by atoms with van der Waals surface area (Å²) in [5, 5.41) is 0. The molecule has 1 heteroatoms. The van der Waals surface area contributed by atoms with Gasteiger partial charge in [-0.3, -0.25) is 4.79 Å². The Hall–Kier alpha value is -0.850. The fraction of sp³-hybridized carbons (Fsp3) is 0.583. The molecule has 0 aliphatic heterocycles. The van der Waals surface area contributed by atoms with Gasteiger partial charge in [-0.2, -0.15) is 0 Å². The maximum Gasteiger partial charge on any atom is 0.159 e. The number of carbonyl (C=O) groups excluding carboxylic acids is 1. The standard InChI is InChI=1S/C12H16O/c13-12-9-5-7-10-6-3-1-2-4-8-11(10)12/h2,4H,1,3,5-9H2/b4-2-. The van der Waals surface area contributed by atoms with Crippen molar-refractivity contribution in [2.75, 3.05) is 0 Å². The van der Waals surface area contributed by atoms with E-state index in [2.05, 4.69) is 12.2 Å². The summed E-state index contributed by atoms with van der Waals surface area (Å²) in [6.07, 6.45) is 11.9. The summed E-state index contributed by atoms with van der Waals surface area (Å²) in [5.41, 5.74) is 2.60. The molecule has 0 saturated heterocycles. The van der Waals surface area contributed by atoms with Crippen LogP contribution in [0.4, 0.5) is 0 Å². The fourth-order valence-corrected chi connectivity index (χ4v) is 2.25. The van der Waals surface area contributed by atoms with Crippen LogP contribution in [-0.2, 0) is 4.79 Å². The molecular formula is C12H16O. The van der Waals surface area contributed by atoms with Gasteiger partial charge in [0.05, 0.1) is 0 Å². The van der Waals surface area contributed by atoms with E-state index in [9.17, 15) is 4.79 Å². The second kappa shape index (κ2) is 3.91. The van der Waals surface area contributed by atoms with Crippen LogP contribution >= 0.6 is 0 Å². The van der Waals surface area contributed by atoms with Crippen molar-refractivity contribution < 1.29 is 4.79 Å². The van der Waals surface area contributed by atoms with Gasteiger partial charge < -0.3 is 0 Å². The zero-order valence-corrected chi connectivity index (χ0v) is 8.01. The number of Topliss-reactive ketones (excluding diaryl/α,β-unsaturated/α-hetero) is 1. The second-order valence-electron chi connectivity index (χ2n) is 3.93. The number of carbonyl (C=O) groups is 1. The Morgan fingerprint density at radius 1 is 1.00 bits per heavy atom. The normalized spacial score (nSPS) is 26.3. The van der Waals surface area contributed by atoms with Gasteiger partial charge in [0, 0.05) is 6.42 Å². The lowest BCUT2D eigenvalue weighted by Gasteiger charge is -2.19. The van der Waals surface area contributed by atoms with Gasteiger partial charge in [0.2, 0.25) is 0 Å². The summed E-state index contributed by atoms with van der Waals surface area (Å²) in [6.45, 7) is 0. The van der Waals surface area contributed by atoms with Crippen LogP contribution in [0.1, 0.15) is 44.9 Å². The topological polar surface area (TPSA) is 17.1 Å². The average molecular weight is 176 g/mol. The van der Waals surface area contributed by atoms with Crippen molar-refractivity contribution in [2.45, 2.75) is 44.9 Å². The van der Waals surface area contributed by atoms with Gasteiger partial charge in [-0.15, -0.1) is 0 Å². The van der Waals surface area contributed by atoms with Crippen molar-refractivity contribution in [3.63, 3.8) is 0 Å². The van der Waals surface area contributed by atoms with Crippen LogP contribution in [0.2, 0.25) is 0 Å². The van der Waals surface area contributed by atoms with Crippen molar-refractivity contribution in [1.82, 2.24) is 0 Å².